The minimum absolute atomic E-state index is 0.0695. The predicted octanol–water partition coefficient (Wildman–Crippen LogP) is 4.53. The fraction of sp³-hybridized carbons (Fsp3) is 0.400. The van der Waals surface area contributed by atoms with E-state index in [0.717, 1.165) is 32.1 Å². The highest BCUT2D eigenvalue weighted by molar-refractivity contribution is 9.11. The lowest BCUT2D eigenvalue weighted by atomic mass is 10.2. The van der Waals surface area contributed by atoms with E-state index in [1.54, 1.807) is 6.20 Å². The van der Waals surface area contributed by atoms with Crippen LogP contribution in [0.3, 0.4) is 0 Å². The molecule has 0 radical (unpaired) electrons. The molecule has 0 aliphatic heterocycles. The summed E-state index contributed by atoms with van der Waals surface area (Å²) in [6.45, 7) is 7.10. The third kappa shape index (κ3) is 3.71. The molecule has 108 valence electrons. The first kappa shape index (κ1) is 15.7. The molecule has 0 fully saturated rings. The largest absolute Gasteiger partial charge is 0.486 e. The molecule has 0 saturated carbocycles. The van der Waals surface area contributed by atoms with Crippen LogP contribution in [0.4, 0.5) is 0 Å². The third-order valence-corrected chi connectivity index (χ3v) is 4.13. The van der Waals surface area contributed by atoms with Crippen molar-refractivity contribution in [2.24, 2.45) is 0 Å². The summed E-state index contributed by atoms with van der Waals surface area (Å²) in [5, 5.41) is 4.43. The van der Waals surface area contributed by atoms with Crippen LogP contribution in [0.15, 0.2) is 33.3 Å². The van der Waals surface area contributed by atoms with Crippen LogP contribution in [-0.2, 0) is 0 Å². The molecule has 2 rings (SSSR count). The summed E-state index contributed by atoms with van der Waals surface area (Å²) in [7, 11) is 0. The maximum atomic E-state index is 6.07. The lowest BCUT2D eigenvalue weighted by Crippen LogP contribution is -2.33. The molecule has 1 aromatic heterocycles. The Bertz CT molecular complexity index is 602. The zero-order valence-electron chi connectivity index (χ0n) is 11.8. The lowest BCUT2D eigenvalue weighted by Gasteiger charge is -2.19. The fourth-order valence-electron chi connectivity index (χ4n) is 1.90. The quantitative estimate of drug-likeness (QED) is 0.799. The lowest BCUT2D eigenvalue weighted by molar-refractivity contribution is 0.214. The molecule has 0 aliphatic carbocycles. The van der Waals surface area contributed by atoms with Crippen molar-refractivity contribution in [1.82, 2.24) is 10.3 Å². The van der Waals surface area contributed by atoms with Gasteiger partial charge in [-0.25, -0.2) is 0 Å². The maximum Gasteiger partial charge on any atom is 0.160 e. The Hall–Kier alpha value is -0.650. The molecule has 1 heterocycles. The van der Waals surface area contributed by atoms with E-state index in [-0.39, 0.29) is 6.10 Å². The number of rotatable bonds is 5. The molecule has 1 atom stereocenters. The average molecular weight is 402 g/mol. The van der Waals surface area contributed by atoms with Crippen LogP contribution in [-0.4, -0.2) is 23.7 Å². The zero-order valence-corrected chi connectivity index (χ0v) is 15.0. The van der Waals surface area contributed by atoms with Crippen molar-refractivity contribution < 1.29 is 4.74 Å². The van der Waals surface area contributed by atoms with Gasteiger partial charge in [0.2, 0.25) is 0 Å². The Morgan fingerprint density at radius 3 is 2.70 bits per heavy atom. The van der Waals surface area contributed by atoms with E-state index in [1.165, 1.54) is 0 Å². The third-order valence-electron chi connectivity index (χ3n) is 2.88. The van der Waals surface area contributed by atoms with Crippen molar-refractivity contribution in [3.05, 3.63) is 33.3 Å². The van der Waals surface area contributed by atoms with Crippen LogP contribution in [0, 0.1) is 0 Å². The van der Waals surface area contributed by atoms with Crippen molar-refractivity contribution in [2.45, 2.75) is 32.9 Å². The molecule has 1 aromatic carbocycles. The standard InChI is InChI=1S/C15H18Br2N2O/c1-9(2)19-8-10(3)20-15-13(17)7-12(16)11-5-4-6-18-14(11)15/h4-7,9-10,19H,8H2,1-3H3. The predicted molar refractivity (Wildman–Crippen MR) is 90.4 cm³/mol. The number of nitrogens with zero attached hydrogens (tertiary/aromatic N) is 1. The van der Waals surface area contributed by atoms with Crippen molar-refractivity contribution in [1.29, 1.82) is 0 Å². The van der Waals surface area contributed by atoms with Gasteiger partial charge in [0, 0.05) is 28.6 Å². The Kier molecular flexibility index (Phi) is 5.41. The van der Waals surface area contributed by atoms with Gasteiger partial charge in [0.05, 0.1) is 4.47 Å². The Morgan fingerprint density at radius 1 is 1.25 bits per heavy atom. The normalized spacial score (nSPS) is 12.9. The van der Waals surface area contributed by atoms with E-state index in [2.05, 4.69) is 62.9 Å². The molecule has 0 saturated heterocycles. The summed E-state index contributed by atoms with van der Waals surface area (Å²) < 4.78 is 7.99. The van der Waals surface area contributed by atoms with Gasteiger partial charge >= 0.3 is 0 Å². The molecular weight excluding hydrogens is 384 g/mol. The van der Waals surface area contributed by atoms with E-state index in [9.17, 15) is 0 Å². The van der Waals surface area contributed by atoms with Gasteiger partial charge in [-0.05, 0) is 35.0 Å². The molecule has 1 unspecified atom stereocenters. The summed E-state index contributed by atoms with van der Waals surface area (Å²) in [6.07, 6.45) is 1.85. The van der Waals surface area contributed by atoms with Gasteiger partial charge in [0.15, 0.2) is 5.75 Å². The second-order valence-electron chi connectivity index (χ2n) is 5.06. The van der Waals surface area contributed by atoms with Crippen molar-refractivity contribution in [2.75, 3.05) is 6.54 Å². The van der Waals surface area contributed by atoms with E-state index >= 15 is 0 Å². The smallest absolute Gasteiger partial charge is 0.160 e. The molecule has 3 nitrogen and oxygen atoms in total. The number of benzene rings is 1. The van der Waals surface area contributed by atoms with Gasteiger partial charge in [-0.1, -0.05) is 35.8 Å². The number of fused-ring (bicyclic) bond motifs is 1. The van der Waals surface area contributed by atoms with Crippen LogP contribution in [0.5, 0.6) is 5.75 Å². The van der Waals surface area contributed by atoms with E-state index < -0.39 is 0 Å². The monoisotopic (exact) mass is 400 g/mol. The van der Waals surface area contributed by atoms with Gasteiger partial charge < -0.3 is 10.1 Å². The van der Waals surface area contributed by atoms with Crippen LogP contribution < -0.4 is 10.1 Å². The molecule has 0 amide bonds. The molecule has 2 aromatic rings. The molecule has 0 spiro atoms. The number of hydrogen-bond acceptors (Lipinski definition) is 3. The first-order valence-corrected chi connectivity index (χ1v) is 8.20. The number of nitrogens with one attached hydrogen (secondary N) is 1. The highest BCUT2D eigenvalue weighted by atomic mass is 79.9. The van der Waals surface area contributed by atoms with Gasteiger partial charge in [-0.2, -0.15) is 0 Å². The Labute approximate surface area is 136 Å². The number of aromatic nitrogens is 1. The molecule has 0 aliphatic rings. The highest BCUT2D eigenvalue weighted by Crippen LogP contribution is 2.37. The summed E-state index contributed by atoms with van der Waals surface area (Å²) >= 11 is 7.12. The van der Waals surface area contributed by atoms with Crippen LogP contribution in [0.25, 0.3) is 10.9 Å². The van der Waals surface area contributed by atoms with Crippen molar-refractivity contribution >= 4 is 42.8 Å². The zero-order chi connectivity index (χ0) is 14.7. The first-order chi connectivity index (χ1) is 9.49. The highest BCUT2D eigenvalue weighted by Gasteiger charge is 2.14. The molecular formula is C15H18Br2N2O. The van der Waals surface area contributed by atoms with Crippen molar-refractivity contribution in [3.63, 3.8) is 0 Å². The van der Waals surface area contributed by atoms with Gasteiger partial charge in [0.25, 0.3) is 0 Å². The first-order valence-electron chi connectivity index (χ1n) is 6.61. The van der Waals surface area contributed by atoms with Crippen LogP contribution in [0.1, 0.15) is 20.8 Å². The van der Waals surface area contributed by atoms with E-state index in [1.807, 2.05) is 18.2 Å². The van der Waals surface area contributed by atoms with Crippen molar-refractivity contribution in [3.8, 4) is 5.75 Å². The number of hydrogen-bond donors (Lipinski definition) is 1. The average Bonchev–Trinajstić information content (AvgIpc) is 2.41. The fourth-order valence-corrected chi connectivity index (χ4v) is 3.27. The minimum Gasteiger partial charge on any atom is -0.486 e. The second kappa shape index (κ2) is 6.87. The second-order valence-corrected chi connectivity index (χ2v) is 6.77. The number of pyridine rings is 1. The molecule has 0 bridgehead atoms. The van der Waals surface area contributed by atoms with Gasteiger partial charge in [0.1, 0.15) is 11.6 Å². The Balaban J connectivity index is 2.29. The molecule has 1 N–H and O–H groups in total. The van der Waals surface area contributed by atoms with Gasteiger partial charge in [-0.3, -0.25) is 4.98 Å². The SMILES string of the molecule is CC(C)NCC(C)Oc1c(Br)cc(Br)c2cccnc12. The maximum absolute atomic E-state index is 6.07. The van der Waals surface area contributed by atoms with Crippen LogP contribution in [0.2, 0.25) is 0 Å². The van der Waals surface area contributed by atoms with E-state index in [4.69, 9.17) is 4.74 Å². The summed E-state index contributed by atoms with van der Waals surface area (Å²) in [4.78, 5) is 4.45. The van der Waals surface area contributed by atoms with Gasteiger partial charge in [-0.15, -0.1) is 0 Å². The summed E-state index contributed by atoms with van der Waals surface area (Å²) in [5.41, 5.74) is 0.866. The van der Waals surface area contributed by atoms with Crippen LogP contribution >= 0.6 is 31.9 Å². The molecule has 20 heavy (non-hydrogen) atoms. The number of ether oxygens (including phenoxy) is 1. The Morgan fingerprint density at radius 2 is 2.00 bits per heavy atom. The minimum atomic E-state index is 0.0695. The number of halogens is 2. The summed E-state index contributed by atoms with van der Waals surface area (Å²) in [6, 6.07) is 6.41. The summed E-state index contributed by atoms with van der Waals surface area (Å²) in [5.74, 6) is 0.793. The molecule has 5 heteroatoms. The topological polar surface area (TPSA) is 34.1 Å². The van der Waals surface area contributed by atoms with E-state index in [0.29, 0.717) is 6.04 Å².